The van der Waals surface area contributed by atoms with Crippen LogP contribution >= 0.6 is 0 Å². The third-order valence-electron chi connectivity index (χ3n) is 11.0. The van der Waals surface area contributed by atoms with E-state index in [1.54, 1.807) is 0 Å². The van der Waals surface area contributed by atoms with E-state index in [0.29, 0.717) is 23.2 Å². The number of aliphatic carboxylic acids is 1. The Bertz CT molecular complexity index is 646. The maximum atomic E-state index is 11.1. The van der Waals surface area contributed by atoms with Crippen LogP contribution in [0.5, 0.6) is 0 Å². The van der Waals surface area contributed by atoms with E-state index in [2.05, 4.69) is 34.6 Å². The smallest absolute Gasteiger partial charge is 0.303 e. The SMILES string of the molecule is CCO[C@@]1(C)CC[C@@]2(C)[C@H](CC[C@@H]3[C@@H]2CC[C@]2(C)[C@@H]([C@H](C)CCC(=O)O)CC[C@@H]32)C1. The molecule has 0 heterocycles. The molecule has 4 aliphatic rings. The number of fused-ring (bicyclic) bond motifs is 5. The van der Waals surface area contributed by atoms with E-state index in [0.717, 1.165) is 42.6 Å². The zero-order chi connectivity index (χ0) is 21.7. The molecule has 3 nitrogen and oxygen atoms in total. The molecule has 172 valence electrons. The first kappa shape index (κ1) is 22.6. The molecule has 0 unspecified atom stereocenters. The predicted molar refractivity (Wildman–Crippen MR) is 121 cm³/mol. The third kappa shape index (κ3) is 3.65. The Morgan fingerprint density at radius 1 is 1.00 bits per heavy atom. The van der Waals surface area contributed by atoms with E-state index in [1.807, 2.05) is 0 Å². The van der Waals surface area contributed by atoms with Crippen molar-refractivity contribution in [3.8, 4) is 0 Å². The van der Waals surface area contributed by atoms with E-state index in [9.17, 15) is 4.79 Å². The quantitative estimate of drug-likeness (QED) is 0.508. The topological polar surface area (TPSA) is 46.5 Å². The lowest BCUT2D eigenvalue weighted by Crippen LogP contribution is -2.56. The highest BCUT2D eigenvalue weighted by Crippen LogP contribution is 2.69. The zero-order valence-electron chi connectivity index (χ0n) is 20.2. The molecule has 4 saturated carbocycles. The minimum absolute atomic E-state index is 0.104. The molecule has 0 aromatic heterocycles. The third-order valence-corrected chi connectivity index (χ3v) is 11.0. The second-order valence-electron chi connectivity index (χ2n) is 12.4. The molecular weight excluding hydrogens is 372 g/mol. The Hall–Kier alpha value is -0.570. The first-order valence-electron chi connectivity index (χ1n) is 13.0. The highest BCUT2D eigenvalue weighted by Gasteiger charge is 2.61. The Morgan fingerprint density at radius 3 is 2.43 bits per heavy atom. The van der Waals surface area contributed by atoms with Crippen LogP contribution in [0.4, 0.5) is 0 Å². The van der Waals surface area contributed by atoms with Gasteiger partial charge in [0, 0.05) is 13.0 Å². The molecule has 0 saturated heterocycles. The fourth-order valence-electron chi connectivity index (χ4n) is 9.42. The second kappa shape index (κ2) is 8.09. The van der Waals surface area contributed by atoms with Crippen LogP contribution in [0.15, 0.2) is 0 Å². The van der Waals surface area contributed by atoms with E-state index in [-0.39, 0.29) is 5.60 Å². The van der Waals surface area contributed by atoms with Gasteiger partial charge in [-0.25, -0.2) is 0 Å². The summed E-state index contributed by atoms with van der Waals surface area (Å²) in [6.07, 6.45) is 13.3. The summed E-state index contributed by atoms with van der Waals surface area (Å²) in [5.41, 5.74) is 1.05. The van der Waals surface area contributed by atoms with Crippen molar-refractivity contribution in [2.45, 2.75) is 111 Å². The molecular formula is C27H46O3. The molecule has 9 atom stereocenters. The van der Waals surface area contributed by atoms with Crippen LogP contribution in [0, 0.1) is 46.3 Å². The van der Waals surface area contributed by atoms with Gasteiger partial charge in [0.2, 0.25) is 0 Å². The average molecular weight is 419 g/mol. The van der Waals surface area contributed by atoms with Crippen molar-refractivity contribution in [1.82, 2.24) is 0 Å². The molecule has 4 fully saturated rings. The van der Waals surface area contributed by atoms with Crippen molar-refractivity contribution in [2.75, 3.05) is 6.61 Å². The van der Waals surface area contributed by atoms with Gasteiger partial charge in [0.25, 0.3) is 0 Å². The lowest BCUT2D eigenvalue weighted by molar-refractivity contribution is -0.161. The predicted octanol–water partition coefficient (Wildman–Crippen LogP) is 6.94. The summed E-state index contributed by atoms with van der Waals surface area (Å²) in [6, 6.07) is 0. The van der Waals surface area contributed by atoms with Crippen LogP contribution in [0.3, 0.4) is 0 Å². The minimum atomic E-state index is -0.632. The normalized spacial score (nSPS) is 49.0. The van der Waals surface area contributed by atoms with Gasteiger partial charge < -0.3 is 9.84 Å². The molecule has 0 aromatic rings. The van der Waals surface area contributed by atoms with Gasteiger partial charge in [0.15, 0.2) is 0 Å². The molecule has 3 heteroatoms. The van der Waals surface area contributed by atoms with Gasteiger partial charge in [-0.15, -0.1) is 0 Å². The molecule has 4 rings (SSSR count). The summed E-state index contributed by atoms with van der Waals surface area (Å²) in [7, 11) is 0. The number of carboxylic acids is 1. The Balaban J connectivity index is 1.49. The van der Waals surface area contributed by atoms with E-state index >= 15 is 0 Å². The van der Waals surface area contributed by atoms with E-state index < -0.39 is 5.97 Å². The van der Waals surface area contributed by atoms with E-state index in [1.165, 1.54) is 57.8 Å². The van der Waals surface area contributed by atoms with E-state index in [4.69, 9.17) is 9.84 Å². The summed E-state index contributed by atoms with van der Waals surface area (Å²) in [5.74, 6) is 4.13. The van der Waals surface area contributed by atoms with Gasteiger partial charge in [0.1, 0.15) is 0 Å². The molecule has 0 aliphatic heterocycles. The number of hydrogen-bond acceptors (Lipinski definition) is 2. The lowest BCUT2D eigenvalue weighted by atomic mass is 9.43. The number of ether oxygens (including phenoxy) is 1. The van der Waals surface area contributed by atoms with Gasteiger partial charge in [-0.1, -0.05) is 20.8 Å². The largest absolute Gasteiger partial charge is 0.481 e. The summed E-state index contributed by atoms with van der Waals surface area (Å²) in [6.45, 7) is 12.9. The van der Waals surface area contributed by atoms with Gasteiger partial charge in [-0.05, 0) is 124 Å². The maximum absolute atomic E-state index is 11.1. The number of rotatable bonds is 6. The molecule has 30 heavy (non-hydrogen) atoms. The summed E-state index contributed by atoms with van der Waals surface area (Å²) >= 11 is 0. The minimum Gasteiger partial charge on any atom is -0.481 e. The van der Waals surface area contributed by atoms with Crippen LogP contribution < -0.4 is 0 Å². The van der Waals surface area contributed by atoms with Crippen molar-refractivity contribution in [2.24, 2.45) is 46.3 Å². The summed E-state index contributed by atoms with van der Waals surface area (Å²) < 4.78 is 6.22. The van der Waals surface area contributed by atoms with Gasteiger partial charge >= 0.3 is 5.97 Å². The van der Waals surface area contributed by atoms with Gasteiger partial charge in [-0.2, -0.15) is 0 Å². The van der Waals surface area contributed by atoms with Crippen LogP contribution in [-0.4, -0.2) is 23.3 Å². The van der Waals surface area contributed by atoms with Crippen molar-refractivity contribution in [3.05, 3.63) is 0 Å². The standard InChI is InChI=1S/C27H46O3/c1-6-30-25(3)15-16-26(4)19(17-25)8-9-20-22-11-10-21(18(2)7-12-24(28)29)27(22,5)14-13-23(20)26/h18-23H,6-17H2,1-5H3,(H,28,29)/t18-,19-,20+,21-,22+,23+,25+,26+,27-/m1/s1. The monoisotopic (exact) mass is 418 g/mol. The van der Waals surface area contributed by atoms with Crippen molar-refractivity contribution in [1.29, 1.82) is 0 Å². The molecule has 0 radical (unpaired) electrons. The number of hydrogen-bond donors (Lipinski definition) is 1. The first-order valence-corrected chi connectivity index (χ1v) is 13.0. The Labute approximate surface area is 184 Å². The summed E-state index contributed by atoms with van der Waals surface area (Å²) in [5, 5.41) is 9.16. The van der Waals surface area contributed by atoms with Crippen LogP contribution in [0.25, 0.3) is 0 Å². The van der Waals surface area contributed by atoms with Crippen molar-refractivity contribution < 1.29 is 14.6 Å². The molecule has 0 spiro atoms. The van der Waals surface area contributed by atoms with Gasteiger partial charge in [0.05, 0.1) is 5.60 Å². The molecule has 0 bridgehead atoms. The van der Waals surface area contributed by atoms with Crippen LogP contribution in [0.1, 0.15) is 105 Å². The highest BCUT2D eigenvalue weighted by atomic mass is 16.5. The first-order chi connectivity index (χ1) is 14.1. The fraction of sp³-hybridized carbons (Fsp3) is 0.963. The van der Waals surface area contributed by atoms with Crippen LogP contribution in [0.2, 0.25) is 0 Å². The molecule has 4 aliphatic carbocycles. The molecule has 0 aromatic carbocycles. The lowest BCUT2D eigenvalue weighted by Gasteiger charge is -2.62. The zero-order valence-corrected chi connectivity index (χ0v) is 20.2. The number of carbonyl (C=O) groups is 1. The van der Waals surface area contributed by atoms with Crippen LogP contribution in [-0.2, 0) is 9.53 Å². The molecule has 0 amide bonds. The fourth-order valence-corrected chi connectivity index (χ4v) is 9.42. The second-order valence-corrected chi connectivity index (χ2v) is 12.4. The van der Waals surface area contributed by atoms with Crippen molar-refractivity contribution >= 4 is 5.97 Å². The van der Waals surface area contributed by atoms with Crippen molar-refractivity contribution in [3.63, 3.8) is 0 Å². The maximum Gasteiger partial charge on any atom is 0.303 e. The average Bonchev–Trinajstić information content (AvgIpc) is 3.04. The number of carboxylic acid groups (broad SMARTS) is 1. The molecule has 1 N–H and O–H groups in total. The highest BCUT2D eigenvalue weighted by molar-refractivity contribution is 5.66. The summed E-state index contributed by atoms with van der Waals surface area (Å²) in [4.78, 5) is 11.1. The Kier molecular flexibility index (Phi) is 6.10. The van der Waals surface area contributed by atoms with Gasteiger partial charge in [-0.3, -0.25) is 4.79 Å². The Morgan fingerprint density at radius 2 is 1.73 bits per heavy atom.